The van der Waals surface area contributed by atoms with Crippen LogP contribution in [0.5, 0.6) is 5.75 Å². The third kappa shape index (κ3) is 2.40. The molecule has 0 radical (unpaired) electrons. The molecule has 1 aromatic carbocycles. The van der Waals surface area contributed by atoms with Crippen LogP contribution in [0.25, 0.3) is 6.08 Å². The Kier molecular flexibility index (Phi) is 3.52. The SMILES string of the molecule is Cc1cc(C(=O)C=Cc2sc(C)c3c2C[C@@H]2[C@H]3C2(C)C)cc(C)c1O. The lowest BCUT2D eigenvalue weighted by Crippen LogP contribution is -2.00. The van der Waals surface area contributed by atoms with Crippen molar-refractivity contribution in [3.8, 4) is 5.75 Å². The van der Waals surface area contributed by atoms with Gasteiger partial charge >= 0.3 is 0 Å². The van der Waals surface area contributed by atoms with E-state index in [1.54, 1.807) is 23.8 Å². The van der Waals surface area contributed by atoms with E-state index in [0.717, 1.165) is 29.4 Å². The number of hydrogen-bond donors (Lipinski definition) is 1. The molecule has 0 aliphatic heterocycles. The number of allylic oxidation sites excluding steroid dienone is 1. The molecule has 0 bridgehead atoms. The summed E-state index contributed by atoms with van der Waals surface area (Å²) in [7, 11) is 0. The molecule has 25 heavy (non-hydrogen) atoms. The van der Waals surface area contributed by atoms with Crippen molar-refractivity contribution in [1.82, 2.24) is 0 Å². The summed E-state index contributed by atoms with van der Waals surface area (Å²) in [6, 6.07) is 3.52. The van der Waals surface area contributed by atoms with Crippen LogP contribution < -0.4 is 0 Å². The number of fused-ring (bicyclic) bond motifs is 3. The summed E-state index contributed by atoms with van der Waals surface area (Å²) in [5.41, 5.74) is 5.61. The van der Waals surface area contributed by atoms with E-state index in [1.807, 2.05) is 31.3 Å². The number of hydrogen-bond acceptors (Lipinski definition) is 3. The molecule has 0 saturated heterocycles. The second-order valence-electron chi connectivity index (χ2n) is 8.18. The molecular weight excluding hydrogens is 328 g/mol. The molecule has 4 rings (SSSR count). The second kappa shape index (κ2) is 5.31. The van der Waals surface area contributed by atoms with Crippen LogP contribution in [0, 0.1) is 32.1 Å². The van der Waals surface area contributed by atoms with E-state index >= 15 is 0 Å². The number of thiophene rings is 1. The highest BCUT2D eigenvalue weighted by Crippen LogP contribution is 2.71. The normalized spacial score (nSPS) is 22.9. The van der Waals surface area contributed by atoms with E-state index in [-0.39, 0.29) is 11.5 Å². The first kappa shape index (κ1) is 16.6. The van der Waals surface area contributed by atoms with Gasteiger partial charge in [0.25, 0.3) is 0 Å². The van der Waals surface area contributed by atoms with Crippen molar-refractivity contribution >= 4 is 23.2 Å². The Bertz CT molecular complexity index is 907. The van der Waals surface area contributed by atoms with Crippen molar-refractivity contribution in [2.24, 2.45) is 11.3 Å². The number of phenols is 1. The predicted octanol–water partition coefficient (Wildman–Crippen LogP) is 5.57. The summed E-state index contributed by atoms with van der Waals surface area (Å²) < 4.78 is 0. The van der Waals surface area contributed by atoms with Gasteiger partial charge in [-0.15, -0.1) is 11.3 Å². The predicted molar refractivity (Wildman–Crippen MR) is 104 cm³/mol. The van der Waals surface area contributed by atoms with Crippen LogP contribution in [-0.4, -0.2) is 10.9 Å². The molecule has 0 unspecified atom stereocenters. The van der Waals surface area contributed by atoms with Gasteiger partial charge in [0.15, 0.2) is 5.78 Å². The largest absolute Gasteiger partial charge is 0.507 e. The molecule has 0 spiro atoms. The fraction of sp³-hybridized carbons (Fsp3) is 0.409. The van der Waals surface area contributed by atoms with E-state index in [4.69, 9.17) is 0 Å². The zero-order chi connectivity index (χ0) is 18.1. The van der Waals surface area contributed by atoms with E-state index in [2.05, 4.69) is 20.8 Å². The van der Waals surface area contributed by atoms with E-state index in [0.29, 0.717) is 11.0 Å². The minimum atomic E-state index is -0.00510. The van der Waals surface area contributed by atoms with Gasteiger partial charge in [-0.1, -0.05) is 13.8 Å². The Hall–Kier alpha value is -1.87. The Balaban J connectivity index is 1.61. The van der Waals surface area contributed by atoms with Crippen molar-refractivity contribution in [1.29, 1.82) is 0 Å². The molecule has 2 aromatic rings. The molecule has 1 fully saturated rings. The van der Waals surface area contributed by atoms with Gasteiger partial charge in [-0.05, 0) is 91.0 Å². The van der Waals surface area contributed by atoms with Crippen LogP contribution in [0.1, 0.15) is 62.1 Å². The number of carbonyl (C=O) groups excluding carboxylic acids is 1. The molecule has 130 valence electrons. The zero-order valence-corrected chi connectivity index (χ0v) is 16.3. The van der Waals surface area contributed by atoms with Crippen LogP contribution in [-0.2, 0) is 6.42 Å². The number of aromatic hydroxyl groups is 1. The smallest absolute Gasteiger partial charge is 0.185 e. The van der Waals surface area contributed by atoms with Gasteiger partial charge in [0, 0.05) is 15.3 Å². The average Bonchev–Trinajstić information content (AvgIpc) is 2.90. The number of phenolic OH excluding ortho intramolecular Hbond substituents is 1. The minimum absolute atomic E-state index is 0.00510. The first-order valence-electron chi connectivity index (χ1n) is 8.86. The van der Waals surface area contributed by atoms with Gasteiger partial charge in [0.1, 0.15) is 5.75 Å². The summed E-state index contributed by atoms with van der Waals surface area (Å²) >= 11 is 1.81. The summed E-state index contributed by atoms with van der Waals surface area (Å²) in [6.45, 7) is 10.6. The fourth-order valence-corrected chi connectivity index (χ4v) is 5.79. The van der Waals surface area contributed by atoms with Crippen LogP contribution in [0.4, 0.5) is 0 Å². The van der Waals surface area contributed by atoms with Crippen molar-refractivity contribution in [3.05, 3.63) is 55.8 Å². The van der Waals surface area contributed by atoms with Crippen LogP contribution in [0.2, 0.25) is 0 Å². The van der Waals surface area contributed by atoms with Gasteiger partial charge in [0.05, 0.1) is 0 Å². The average molecular weight is 352 g/mol. The summed E-state index contributed by atoms with van der Waals surface area (Å²) in [5, 5.41) is 9.87. The molecule has 3 heteroatoms. The van der Waals surface area contributed by atoms with Gasteiger partial charge in [-0.25, -0.2) is 0 Å². The first-order chi connectivity index (χ1) is 11.7. The van der Waals surface area contributed by atoms with E-state index < -0.39 is 0 Å². The van der Waals surface area contributed by atoms with E-state index in [1.165, 1.54) is 15.3 Å². The molecule has 2 aliphatic carbocycles. The maximum Gasteiger partial charge on any atom is 0.185 e. The molecule has 0 amide bonds. The third-order valence-electron chi connectivity index (χ3n) is 6.21. The number of carbonyl (C=O) groups is 1. The highest BCUT2D eigenvalue weighted by Gasteiger charge is 2.63. The van der Waals surface area contributed by atoms with Crippen LogP contribution in [0.3, 0.4) is 0 Å². The molecule has 2 aliphatic rings. The van der Waals surface area contributed by atoms with Crippen LogP contribution >= 0.6 is 11.3 Å². The van der Waals surface area contributed by atoms with Gasteiger partial charge in [-0.3, -0.25) is 4.79 Å². The van der Waals surface area contributed by atoms with Crippen molar-refractivity contribution in [2.75, 3.05) is 0 Å². The Labute approximate surface area is 153 Å². The lowest BCUT2D eigenvalue weighted by Gasteiger charge is -2.09. The second-order valence-corrected chi connectivity index (χ2v) is 9.44. The highest BCUT2D eigenvalue weighted by atomic mass is 32.1. The van der Waals surface area contributed by atoms with Crippen molar-refractivity contribution in [2.45, 2.75) is 47.0 Å². The maximum absolute atomic E-state index is 12.6. The lowest BCUT2D eigenvalue weighted by atomic mass is 9.95. The summed E-state index contributed by atoms with van der Waals surface area (Å²) in [4.78, 5) is 15.2. The monoisotopic (exact) mass is 352 g/mol. The minimum Gasteiger partial charge on any atom is -0.507 e. The molecule has 2 nitrogen and oxygen atoms in total. The Morgan fingerprint density at radius 1 is 1.24 bits per heavy atom. The van der Waals surface area contributed by atoms with Crippen molar-refractivity contribution in [3.63, 3.8) is 0 Å². The van der Waals surface area contributed by atoms with Gasteiger partial charge < -0.3 is 5.11 Å². The summed E-state index contributed by atoms with van der Waals surface area (Å²) in [5.74, 6) is 1.78. The third-order valence-corrected chi connectivity index (χ3v) is 7.34. The molecule has 1 heterocycles. The molecule has 1 N–H and O–H groups in total. The Morgan fingerprint density at radius 2 is 1.88 bits per heavy atom. The van der Waals surface area contributed by atoms with Crippen molar-refractivity contribution < 1.29 is 9.90 Å². The maximum atomic E-state index is 12.6. The van der Waals surface area contributed by atoms with E-state index in [9.17, 15) is 9.90 Å². The standard InChI is InChI=1S/C22H24O2S/c1-11-8-14(9-12(2)21(11)24)17(23)6-7-18-15-10-16-20(22(16,4)5)19(15)13(3)25-18/h6-9,16,20,24H,10H2,1-5H3/t16-,20-/m1/s1. The molecular formula is C22H24O2S. The number of benzene rings is 1. The van der Waals surface area contributed by atoms with Gasteiger partial charge in [0.2, 0.25) is 0 Å². The summed E-state index contributed by atoms with van der Waals surface area (Å²) in [6.07, 6.45) is 4.84. The number of rotatable bonds is 3. The fourth-order valence-electron chi connectivity index (χ4n) is 4.64. The number of aryl methyl sites for hydroxylation is 3. The molecule has 1 aromatic heterocycles. The number of ketones is 1. The zero-order valence-electron chi connectivity index (χ0n) is 15.4. The van der Waals surface area contributed by atoms with Gasteiger partial charge in [-0.2, -0.15) is 0 Å². The Morgan fingerprint density at radius 3 is 2.52 bits per heavy atom. The molecule has 2 atom stereocenters. The van der Waals surface area contributed by atoms with Crippen LogP contribution in [0.15, 0.2) is 18.2 Å². The highest BCUT2D eigenvalue weighted by molar-refractivity contribution is 7.13. The topological polar surface area (TPSA) is 37.3 Å². The quantitative estimate of drug-likeness (QED) is 0.579. The molecule has 1 saturated carbocycles. The first-order valence-corrected chi connectivity index (χ1v) is 9.68. The lowest BCUT2D eigenvalue weighted by molar-refractivity contribution is 0.104.